The summed E-state index contributed by atoms with van der Waals surface area (Å²) >= 11 is 12.3. The molecule has 1 aliphatic rings. The van der Waals surface area contributed by atoms with Crippen molar-refractivity contribution in [1.29, 1.82) is 0 Å². The van der Waals surface area contributed by atoms with Gasteiger partial charge in [-0.25, -0.2) is 4.68 Å². The summed E-state index contributed by atoms with van der Waals surface area (Å²) in [6, 6.07) is 12.9. The molecule has 1 saturated heterocycles. The van der Waals surface area contributed by atoms with E-state index in [0.717, 1.165) is 42.9 Å². The molecule has 0 aliphatic carbocycles. The molecule has 0 atom stereocenters. The normalized spacial score (nSPS) is 14.2. The molecule has 8 heteroatoms. The number of hydrogen-bond donors (Lipinski definition) is 2. The summed E-state index contributed by atoms with van der Waals surface area (Å²) in [5, 5.41) is 12.2. The minimum absolute atomic E-state index is 0. The summed E-state index contributed by atoms with van der Waals surface area (Å²) in [6.07, 6.45) is 3.55. The van der Waals surface area contributed by atoms with E-state index in [1.165, 1.54) is 0 Å². The summed E-state index contributed by atoms with van der Waals surface area (Å²) in [7, 11) is 0. The second-order valence-electron chi connectivity index (χ2n) is 7.27. The number of piperidine rings is 1. The molecule has 1 fully saturated rings. The Hall–Kier alpha value is -2.05. The van der Waals surface area contributed by atoms with Gasteiger partial charge in [-0.1, -0.05) is 29.3 Å². The minimum atomic E-state index is -0.176. The Balaban J connectivity index is 0.00000256. The van der Waals surface area contributed by atoms with Crippen LogP contribution in [-0.4, -0.2) is 28.8 Å². The van der Waals surface area contributed by atoms with Crippen LogP contribution >= 0.6 is 35.6 Å². The first-order valence-corrected chi connectivity index (χ1v) is 10.4. The molecule has 0 unspecified atom stereocenters. The standard InChI is InChI=1S/C22H22Cl2N4O.ClH/c1-14-2-7-18(12-20(14)24)28-21(15-8-10-25-11-9-15)19(13-26-28)22(29)27-17-5-3-16(23)4-6-17;/h2-7,12-13,15,25H,8-11H2,1H3,(H,27,29);1H. The van der Waals surface area contributed by atoms with Gasteiger partial charge in [0.25, 0.3) is 5.91 Å². The van der Waals surface area contributed by atoms with Crippen molar-refractivity contribution in [3.63, 3.8) is 0 Å². The molecule has 2 N–H and O–H groups in total. The van der Waals surface area contributed by atoms with Crippen LogP contribution in [0.2, 0.25) is 10.0 Å². The van der Waals surface area contributed by atoms with Gasteiger partial charge in [0.1, 0.15) is 0 Å². The van der Waals surface area contributed by atoms with Crippen LogP contribution in [0, 0.1) is 6.92 Å². The van der Waals surface area contributed by atoms with Crippen molar-refractivity contribution >= 4 is 47.2 Å². The zero-order valence-electron chi connectivity index (χ0n) is 16.5. The van der Waals surface area contributed by atoms with Crippen molar-refractivity contribution in [3.8, 4) is 5.69 Å². The fourth-order valence-corrected chi connectivity index (χ4v) is 3.97. The Morgan fingerprint density at radius 1 is 1.13 bits per heavy atom. The molecule has 1 aliphatic heterocycles. The van der Waals surface area contributed by atoms with E-state index in [0.29, 0.717) is 21.3 Å². The van der Waals surface area contributed by atoms with Gasteiger partial charge in [-0.15, -0.1) is 12.4 Å². The first-order chi connectivity index (χ1) is 14.0. The summed E-state index contributed by atoms with van der Waals surface area (Å²) in [5.74, 6) is 0.0649. The van der Waals surface area contributed by atoms with Crippen LogP contribution in [-0.2, 0) is 0 Å². The van der Waals surface area contributed by atoms with E-state index >= 15 is 0 Å². The quantitative estimate of drug-likeness (QED) is 0.525. The van der Waals surface area contributed by atoms with Crippen LogP contribution in [0.1, 0.15) is 40.4 Å². The third-order valence-electron chi connectivity index (χ3n) is 5.28. The number of carbonyl (C=O) groups is 1. The van der Waals surface area contributed by atoms with Gasteiger partial charge >= 0.3 is 0 Å². The molecule has 30 heavy (non-hydrogen) atoms. The van der Waals surface area contributed by atoms with Crippen LogP contribution in [0.3, 0.4) is 0 Å². The fourth-order valence-electron chi connectivity index (χ4n) is 3.67. The van der Waals surface area contributed by atoms with Crippen molar-refractivity contribution in [3.05, 3.63) is 75.5 Å². The third kappa shape index (κ3) is 4.81. The molecule has 0 spiro atoms. The fraction of sp³-hybridized carbons (Fsp3) is 0.273. The van der Waals surface area contributed by atoms with Gasteiger partial charge in [-0.05, 0) is 74.8 Å². The van der Waals surface area contributed by atoms with E-state index in [9.17, 15) is 4.79 Å². The lowest BCUT2D eigenvalue weighted by molar-refractivity contribution is 0.102. The van der Waals surface area contributed by atoms with Gasteiger partial charge in [-0.2, -0.15) is 5.10 Å². The Morgan fingerprint density at radius 2 is 1.83 bits per heavy atom. The first-order valence-electron chi connectivity index (χ1n) is 9.65. The predicted octanol–water partition coefficient (Wildman–Crippen LogP) is 5.63. The maximum atomic E-state index is 13.1. The zero-order chi connectivity index (χ0) is 20.4. The summed E-state index contributed by atoms with van der Waals surface area (Å²) < 4.78 is 1.86. The molecule has 5 nitrogen and oxygen atoms in total. The van der Waals surface area contributed by atoms with Crippen LogP contribution in [0.15, 0.2) is 48.7 Å². The molecule has 158 valence electrons. The van der Waals surface area contributed by atoms with Gasteiger partial charge in [0.05, 0.1) is 23.1 Å². The molecule has 0 bridgehead atoms. The average molecular weight is 466 g/mol. The Labute approximate surface area is 192 Å². The molecule has 1 aromatic heterocycles. The maximum absolute atomic E-state index is 13.1. The van der Waals surface area contributed by atoms with Crippen molar-refractivity contribution in [2.75, 3.05) is 18.4 Å². The van der Waals surface area contributed by atoms with E-state index in [4.69, 9.17) is 23.2 Å². The second kappa shape index (κ2) is 9.84. The topological polar surface area (TPSA) is 59.0 Å². The monoisotopic (exact) mass is 464 g/mol. The van der Waals surface area contributed by atoms with Gasteiger partial charge in [0.2, 0.25) is 0 Å². The molecule has 2 heterocycles. The molecular formula is C22H23Cl3N4O. The number of aryl methyl sites for hydroxylation is 1. The van der Waals surface area contributed by atoms with Gasteiger partial charge in [0, 0.05) is 21.7 Å². The SMILES string of the molecule is Cc1ccc(-n2ncc(C(=O)Nc3ccc(Cl)cc3)c2C2CCNCC2)cc1Cl.Cl. The van der Waals surface area contributed by atoms with Crippen LogP contribution in [0.4, 0.5) is 5.69 Å². The molecule has 0 radical (unpaired) electrons. The summed E-state index contributed by atoms with van der Waals surface area (Å²) in [6.45, 7) is 3.80. The van der Waals surface area contributed by atoms with Crippen molar-refractivity contribution < 1.29 is 4.79 Å². The minimum Gasteiger partial charge on any atom is -0.322 e. The van der Waals surface area contributed by atoms with Crippen molar-refractivity contribution in [2.45, 2.75) is 25.7 Å². The van der Waals surface area contributed by atoms with Crippen LogP contribution in [0.5, 0.6) is 0 Å². The highest BCUT2D eigenvalue weighted by Crippen LogP contribution is 2.31. The van der Waals surface area contributed by atoms with Crippen molar-refractivity contribution in [1.82, 2.24) is 15.1 Å². The van der Waals surface area contributed by atoms with Gasteiger partial charge in [0.15, 0.2) is 0 Å². The third-order valence-corrected chi connectivity index (χ3v) is 5.94. The number of amides is 1. The van der Waals surface area contributed by atoms with E-state index in [-0.39, 0.29) is 24.2 Å². The molecule has 2 aromatic carbocycles. The number of aromatic nitrogens is 2. The number of carbonyl (C=O) groups excluding carboxylic acids is 1. The Morgan fingerprint density at radius 3 is 2.50 bits per heavy atom. The second-order valence-corrected chi connectivity index (χ2v) is 8.12. The lowest BCUT2D eigenvalue weighted by atomic mass is 9.91. The number of nitrogens with one attached hydrogen (secondary N) is 2. The first kappa shape index (κ1) is 22.6. The number of hydrogen-bond acceptors (Lipinski definition) is 3. The number of nitrogens with zero attached hydrogens (tertiary/aromatic N) is 2. The molecule has 0 saturated carbocycles. The smallest absolute Gasteiger partial charge is 0.259 e. The zero-order valence-corrected chi connectivity index (χ0v) is 18.8. The van der Waals surface area contributed by atoms with Crippen LogP contribution in [0.25, 0.3) is 5.69 Å². The highest BCUT2D eigenvalue weighted by Gasteiger charge is 2.27. The Bertz CT molecular complexity index is 1030. The van der Waals surface area contributed by atoms with Gasteiger partial charge in [-0.3, -0.25) is 4.79 Å². The highest BCUT2D eigenvalue weighted by molar-refractivity contribution is 6.31. The van der Waals surface area contributed by atoms with E-state index in [1.807, 2.05) is 29.8 Å². The van der Waals surface area contributed by atoms with Crippen molar-refractivity contribution in [2.24, 2.45) is 0 Å². The number of benzene rings is 2. The summed E-state index contributed by atoms with van der Waals surface area (Å²) in [5.41, 5.74) is 4.08. The molecule has 3 aromatic rings. The van der Waals surface area contributed by atoms with E-state index in [2.05, 4.69) is 15.7 Å². The maximum Gasteiger partial charge on any atom is 0.259 e. The Kier molecular flexibility index (Phi) is 7.42. The highest BCUT2D eigenvalue weighted by atomic mass is 35.5. The molecule has 4 rings (SSSR count). The molecular weight excluding hydrogens is 443 g/mol. The molecule has 1 amide bonds. The summed E-state index contributed by atoms with van der Waals surface area (Å²) in [4.78, 5) is 13.1. The van der Waals surface area contributed by atoms with Gasteiger partial charge < -0.3 is 10.6 Å². The largest absolute Gasteiger partial charge is 0.322 e. The number of halogens is 3. The van der Waals surface area contributed by atoms with Crippen LogP contribution < -0.4 is 10.6 Å². The van der Waals surface area contributed by atoms with E-state index in [1.54, 1.807) is 30.5 Å². The number of rotatable bonds is 4. The number of anilines is 1. The lowest BCUT2D eigenvalue weighted by Gasteiger charge is -2.25. The average Bonchev–Trinajstić information content (AvgIpc) is 3.18. The predicted molar refractivity (Wildman–Crippen MR) is 125 cm³/mol. The lowest BCUT2D eigenvalue weighted by Crippen LogP contribution is -2.29. The van der Waals surface area contributed by atoms with E-state index < -0.39 is 0 Å².